The molecular formula is C15H19N5O2. The minimum atomic E-state index is 0.209. The first-order valence-corrected chi connectivity index (χ1v) is 7.24. The molecule has 0 fully saturated rings. The standard InChI is InChI=1S/C15H19N5O2/c1-10-5-8-21-14(10)15-19-18-13(22-15)9-16-11(2)12(3)20-7-4-6-17-20/h4-8,11-12,16H,9H2,1-3H3/t11-,12+/m1/s1. The van der Waals surface area contributed by atoms with Crippen molar-refractivity contribution in [3.63, 3.8) is 0 Å². The Hall–Kier alpha value is -2.41. The topological polar surface area (TPSA) is 81.9 Å². The van der Waals surface area contributed by atoms with E-state index in [0.29, 0.717) is 24.1 Å². The van der Waals surface area contributed by atoms with Gasteiger partial charge in [-0.2, -0.15) is 5.10 Å². The highest BCUT2D eigenvalue weighted by atomic mass is 16.4. The predicted octanol–water partition coefficient (Wildman–Crippen LogP) is 2.57. The van der Waals surface area contributed by atoms with Crippen LogP contribution >= 0.6 is 0 Å². The van der Waals surface area contributed by atoms with Crippen LogP contribution in [0.3, 0.4) is 0 Å². The number of aromatic nitrogens is 4. The summed E-state index contributed by atoms with van der Waals surface area (Å²) in [6, 6.07) is 4.22. The molecule has 0 unspecified atom stereocenters. The molecule has 0 aromatic carbocycles. The number of furan rings is 1. The number of nitrogens with zero attached hydrogens (tertiary/aromatic N) is 4. The summed E-state index contributed by atoms with van der Waals surface area (Å²) in [7, 11) is 0. The van der Waals surface area contributed by atoms with Crippen molar-refractivity contribution in [3.8, 4) is 11.7 Å². The molecule has 0 aliphatic rings. The molecule has 2 atom stereocenters. The lowest BCUT2D eigenvalue weighted by atomic mass is 10.2. The molecule has 7 nitrogen and oxygen atoms in total. The van der Waals surface area contributed by atoms with Crippen molar-refractivity contribution in [2.45, 2.75) is 39.4 Å². The first-order chi connectivity index (χ1) is 10.6. The van der Waals surface area contributed by atoms with Gasteiger partial charge in [0.15, 0.2) is 5.76 Å². The molecule has 0 aliphatic heterocycles. The summed E-state index contributed by atoms with van der Waals surface area (Å²) < 4.78 is 12.9. The predicted molar refractivity (Wildman–Crippen MR) is 80.0 cm³/mol. The van der Waals surface area contributed by atoms with E-state index in [1.807, 2.05) is 29.9 Å². The highest BCUT2D eigenvalue weighted by Crippen LogP contribution is 2.22. The Balaban J connectivity index is 1.60. The van der Waals surface area contributed by atoms with E-state index >= 15 is 0 Å². The van der Waals surface area contributed by atoms with Gasteiger partial charge in [0.05, 0.1) is 18.8 Å². The molecule has 0 radical (unpaired) electrons. The van der Waals surface area contributed by atoms with Gasteiger partial charge in [0.25, 0.3) is 5.89 Å². The molecule has 1 N–H and O–H groups in total. The van der Waals surface area contributed by atoms with Crippen LogP contribution in [0.1, 0.15) is 31.3 Å². The zero-order chi connectivity index (χ0) is 15.5. The molecule has 7 heteroatoms. The Morgan fingerprint density at radius 2 is 2.18 bits per heavy atom. The van der Waals surface area contributed by atoms with Gasteiger partial charge < -0.3 is 14.2 Å². The Labute approximate surface area is 128 Å². The van der Waals surface area contributed by atoms with Crippen molar-refractivity contribution in [1.29, 1.82) is 0 Å². The van der Waals surface area contributed by atoms with Gasteiger partial charge in [-0.05, 0) is 32.9 Å². The largest absolute Gasteiger partial charge is 0.459 e. The van der Waals surface area contributed by atoms with Crippen LogP contribution in [-0.2, 0) is 6.54 Å². The second-order valence-electron chi connectivity index (χ2n) is 5.33. The highest BCUT2D eigenvalue weighted by molar-refractivity contribution is 5.49. The number of hydrogen-bond donors (Lipinski definition) is 1. The lowest BCUT2D eigenvalue weighted by Crippen LogP contribution is -2.33. The minimum Gasteiger partial charge on any atom is -0.459 e. The van der Waals surface area contributed by atoms with E-state index in [1.165, 1.54) is 0 Å². The summed E-state index contributed by atoms with van der Waals surface area (Å²) in [5, 5.41) is 15.7. The third-order valence-electron chi connectivity index (χ3n) is 3.76. The monoisotopic (exact) mass is 301 g/mol. The van der Waals surface area contributed by atoms with E-state index in [0.717, 1.165) is 5.56 Å². The van der Waals surface area contributed by atoms with Crippen LogP contribution in [0.5, 0.6) is 0 Å². The molecule has 0 spiro atoms. The molecule has 0 saturated heterocycles. The molecule has 116 valence electrons. The van der Waals surface area contributed by atoms with Crippen molar-refractivity contribution in [3.05, 3.63) is 42.2 Å². The third kappa shape index (κ3) is 2.94. The molecule has 0 bridgehead atoms. The van der Waals surface area contributed by atoms with Gasteiger partial charge in [0.1, 0.15) is 0 Å². The number of aryl methyl sites for hydroxylation is 1. The zero-order valence-electron chi connectivity index (χ0n) is 12.9. The Morgan fingerprint density at radius 1 is 1.32 bits per heavy atom. The van der Waals surface area contributed by atoms with E-state index < -0.39 is 0 Å². The Bertz CT molecular complexity index is 716. The average Bonchev–Trinajstić information content (AvgIpc) is 3.24. The quantitative estimate of drug-likeness (QED) is 0.753. The number of rotatable bonds is 6. The fraction of sp³-hybridized carbons (Fsp3) is 0.400. The van der Waals surface area contributed by atoms with Gasteiger partial charge in [-0.3, -0.25) is 4.68 Å². The highest BCUT2D eigenvalue weighted by Gasteiger charge is 2.17. The van der Waals surface area contributed by atoms with Crippen molar-refractivity contribution in [1.82, 2.24) is 25.3 Å². The fourth-order valence-electron chi connectivity index (χ4n) is 2.18. The minimum absolute atomic E-state index is 0.209. The summed E-state index contributed by atoms with van der Waals surface area (Å²) in [5.41, 5.74) is 0.976. The number of hydrogen-bond acceptors (Lipinski definition) is 6. The fourth-order valence-corrected chi connectivity index (χ4v) is 2.18. The van der Waals surface area contributed by atoms with Gasteiger partial charge in [0, 0.05) is 24.0 Å². The molecule has 0 amide bonds. The van der Waals surface area contributed by atoms with Crippen LogP contribution in [0.15, 0.2) is 39.6 Å². The number of nitrogens with one attached hydrogen (secondary N) is 1. The van der Waals surface area contributed by atoms with Crippen LogP contribution in [0, 0.1) is 6.92 Å². The maximum atomic E-state index is 5.63. The lowest BCUT2D eigenvalue weighted by molar-refractivity contribution is 0.348. The average molecular weight is 301 g/mol. The second kappa shape index (κ2) is 6.15. The van der Waals surface area contributed by atoms with Gasteiger partial charge in [0.2, 0.25) is 5.89 Å². The summed E-state index contributed by atoms with van der Waals surface area (Å²) in [4.78, 5) is 0. The Morgan fingerprint density at radius 3 is 2.86 bits per heavy atom. The molecule has 3 heterocycles. The van der Waals surface area contributed by atoms with Gasteiger partial charge in [-0.1, -0.05) is 0 Å². The summed E-state index contributed by atoms with van der Waals surface area (Å²) in [5.74, 6) is 1.56. The lowest BCUT2D eigenvalue weighted by Gasteiger charge is -2.20. The molecule has 3 aromatic heterocycles. The molecular weight excluding hydrogens is 282 g/mol. The van der Waals surface area contributed by atoms with Crippen molar-refractivity contribution in [2.75, 3.05) is 0 Å². The van der Waals surface area contributed by atoms with Crippen LogP contribution in [0.2, 0.25) is 0 Å². The SMILES string of the molecule is Cc1ccoc1-c1nnc(CN[C@H](C)[C@H](C)n2cccn2)o1. The molecule has 0 aliphatic carbocycles. The maximum Gasteiger partial charge on any atom is 0.283 e. The van der Waals surface area contributed by atoms with Gasteiger partial charge in [-0.15, -0.1) is 10.2 Å². The van der Waals surface area contributed by atoms with E-state index in [2.05, 4.69) is 34.5 Å². The van der Waals surface area contributed by atoms with E-state index in [9.17, 15) is 0 Å². The van der Waals surface area contributed by atoms with Crippen LogP contribution < -0.4 is 5.32 Å². The Kier molecular flexibility index (Phi) is 4.06. The van der Waals surface area contributed by atoms with Crippen molar-refractivity contribution >= 4 is 0 Å². The normalized spacial score (nSPS) is 14.1. The first-order valence-electron chi connectivity index (χ1n) is 7.24. The molecule has 3 aromatic rings. The maximum absolute atomic E-state index is 5.63. The summed E-state index contributed by atoms with van der Waals surface area (Å²) >= 11 is 0. The van der Waals surface area contributed by atoms with Crippen LogP contribution in [-0.4, -0.2) is 26.0 Å². The molecule has 3 rings (SSSR count). The van der Waals surface area contributed by atoms with Crippen LogP contribution in [0.4, 0.5) is 0 Å². The second-order valence-corrected chi connectivity index (χ2v) is 5.33. The third-order valence-corrected chi connectivity index (χ3v) is 3.76. The van der Waals surface area contributed by atoms with Crippen LogP contribution in [0.25, 0.3) is 11.7 Å². The van der Waals surface area contributed by atoms with E-state index in [4.69, 9.17) is 8.83 Å². The molecule has 22 heavy (non-hydrogen) atoms. The molecule has 0 saturated carbocycles. The smallest absolute Gasteiger partial charge is 0.283 e. The summed E-state index contributed by atoms with van der Waals surface area (Å²) in [6.07, 6.45) is 5.34. The van der Waals surface area contributed by atoms with Crippen molar-refractivity contribution < 1.29 is 8.83 Å². The van der Waals surface area contributed by atoms with E-state index in [1.54, 1.807) is 12.5 Å². The zero-order valence-corrected chi connectivity index (χ0v) is 12.9. The summed E-state index contributed by atoms with van der Waals surface area (Å²) in [6.45, 7) is 6.64. The van der Waals surface area contributed by atoms with Gasteiger partial charge in [-0.25, -0.2) is 0 Å². The van der Waals surface area contributed by atoms with Crippen molar-refractivity contribution in [2.24, 2.45) is 0 Å². The first kappa shape index (κ1) is 14.5. The van der Waals surface area contributed by atoms with E-state index in [-0.39, 0.29) is 12.1 Å². The van der Waals surface area contributed by atoms with Gasteiger partial charge >= 0.3 is 0 Å².